The lowest BCUT2D eigenvalue weighted by Gasteiger charge is -2.21. The molecule has 5 rings (SSSR count). The topological polar surface area (TPSA) is 124 Å². The molecule has 2 heterocycles. The normalized spacial score (nSPS) is 12.6. The summed E-state index contributed by atoms with van der Waals surface area (Å²) in [7, 11) is 0. The van der Waals surface area contributed by atoms with Crippen molar-refractivity contribution in [3.63, 3.8) is 0 Å². The van der Waals surface area contributed by atoms with Crippen molar-refractivity contribution >= 4 is 39.9 Å². The number of pyridine rings is 1. The van der Waals surface area contributed by atoms with Crippen LogP contribution in [0.2, 0.25) is 0 Å². The molecule has 2 atom stereocenters. The van der Waals surface area contributed by atoms with Gasteiger partial charge in [0.1, 0.15) is 23.8 Å². The Morgan fingerprint density at radius 1 is 0.895 bits per heavy atom. The van der Waals surface area contributed by atoms with Crippen molar-refractivity contribution in [1.82, 2.24) is 20.6 Å². The van der Waals surface area contributed by atoms with Crippen LogP contribution in [-0.2, 0) is 22.4 Å². The number of aldehydes is 1. The second-order valence-corrected chi connectivity index (χ2v) is 9.10. The molecule has 0 unspecified atom stereocenters. The van der Waals surface area contributed by atoms with E-state index in [-0.39, 0.29) is 17.9 Å². The highest BCUT2D eigenvalue weighted by atomic mass is 16.3. The van der Waals surface area contributed by atoms with Gasteiger partial charge in [-0.1, -0.05) is 54.6 Å². The van der Waals surface area contributed by atoms with Gasteiger partial charge in [-0.15, -0.1) is 0 Å². The number of aromatic amines is 1. The molecule has 0 aliphatic rings. The maximum absolute atomic E-state index is 13.4. The average molecular weight is 507 g/mol. The zero-order valence-electron chi connectivity index (χ0n) is 20.4. The standard InChI is InChI=1S/C30H26N4O4/c35-18-22(16-21-17-31-26-8-4-2-6-24(21)26)32-30(38)28(15-19-9-12-23(36)13-10-19)34-29(37)27-14-11-20-5-1-3-7-25(20)33-27/h1-14,17-18,22,28,31,36H,15-16H2,(H,32,38)(H,34,37)/t22-,28-/m0/s1. The summed E-state index contributed by atoms with van der Waals surface area (Å²) in [6.07, 6.45) is 2.98. The summed E-state index contributed by atoms with van der Waals surface area (Å²) in [5.74, 6) is -0.906. The predicted molar refractivity (Wildman–Crippen MR) is 145 cm³/mol. The van der Waals surface area contributed by atoms with E-state index in [1.54, 1.807) is 24.3 Å². The molecule has 0 saturated heterocycles. The number of phenolic OH excluding ortho intramolecular Hbond substituents is 1. The maximum Gasteiger partial charge on any atom is 0.270 e. The third-order valence-electron chi connectivity index (χ3n) is 6.44. The molecule has 0 aliphatic carbocycles. The largest absolute Gasteiger partial charge is 0.508 e. The van der Waals surface area contributed by atoms with Crippen molar-refractivity contribution < 1.29 is 19.5 Å². The van der Waals surface area contributed by atoms with Gasteiger partial charge in [0.05, 0.1) is 11.6 Å². The number of carbonyl (C=O) groups is 3. The lowest BCUT2D eigenvalue weighted by molar-refractivity contribution is -0.125. The highest BCUT2D eigenvalue weighted by Gasteiger charge is 2.25. The van der Waals surface area contributed by atoms with Gasteiger partial charge in [0.25, 0.3) is 5.91 Å². The molecular formula is C30H26N4O4. The fraction of sp³-hybridized carbons (Fsp3) is 0.133. The van der Waals surface area contributed by atoms with Crippen LogP contribution >= 0.6 is 0 Å². The van der Waals surface area contributed by atoms with Crippen LogP contribution in [0.3, 0.4) is 0 Å². The Morgan fingerprint density at radius 2 is 1.66 bits per heavy atom. The number of carbonyl (C=O) groups excluding carboxylic acids is 3. The molecule has 38 heavy (non-hydrogen) atoms. The SMILES string of the molecule is O=C[C@H](Cc1c[nH]c2ccccc12)NC(=O)[C@H](Cc1ccc(O)cc1)NC(=O)c1ccc2ccccc2n1. The zero-order chi connectivity index (χ0) is 26.5. The summed E-state index contributed by atoms with van der Waals surface area (Å²) in [6, 6.07) is 23.2. The Kier molecular flexibility index (Phi) is 7.13. The second kappa shape index (κ2) is 11.0. The van der Waals surface area contributed by atoms with Gasteiger partial charge in [0.2, 0.25) is 5.91 Å². The Morgan fingerprint density at radius 3 is 2.47 bits per heavy atom. The fourth-order valence-corrected chi connectivity index (χ4v) is 4.46. The summed E-state index contributed by atoms with van der Waals surface area (Å²) >= 11 is 0. The first-order valence-electron chi connectivity index (χ1n) is 12.3. The summed E-state index contributed by atoms with van der Waals surface area (Å²) in [5, 5.41) is 17.1. The first kappa shape index (κ1) is 24.7. The number of phenols is 1. The molecule has 0 radical (unpaired) electrons. The van der Waals surface area contributed by atoms with Crippen molar-refractivity contribution in [2.24, 2.45) is 0 Å². The van der Waals surface area contributed by atoms with Gasteiger partial charge in [-0.2, -0.15) is 0 Å². The van der Waals surface area contributed by atoms with Gasteiger partial charge in [-0.3, -0.25) is 9.59 Å². The molecule has 0 saturated carbocycles. The predicted octanol–water partition coefficient (Wildman–Crippen LogP) is 3.69. The number of rotatable bonds is 9. The van der Waals surface area contributed by atoms with Crippen LogP contribution in [0.1, 0.15) is 21.6 Å². The van der Waals surface area contributed by atoms with E-state index in [4.69, 9.17) is 0 Å². The van der Waals surface area contributed by atoms with Crippen LogP contribution in [0.25, 0.3) is 21.8 Å². The summed E-state index contributed by atoms with van der Waals surface area (Å²) in [5.41, 5.74) is 3.42. The first-order chi connectivity index (χ1) is 18.5. The molecule has 3 aromatic carbocycles. The Labute approximate surface area is 218 Å². The molecule has 190 valence electrons. The highest BCUT2D eigenvalue weighted by molar-refractivity contribution is 5.98. The van der Waals surface area contributed by atoms with Crippen LogP contribution in [0, 0.1) is 0 Å². The van der Waals surface area contributed by atoms with Crippen molar-refractivity contribution in [2.45, 2.75) is 24.9 Å². The minimum absolute atomic E-state index is 0.0962. The van der Waals surface area contributed by atoms with E-state index in [1.165, 1.54) is 12.1 Å². The van der Waals surface area contributed by atoms with E-state index in [1.807, 2.05) is 54.7 Å². The zero-order valence-corrected chi connectivity index (χ0v) is 20.4. The van der Waals surface area contributed by atoms with Crippen molar-refractivity contribution in [3.8, 4) is 5.75 Å². The van der Waals surface area contributed by atoms with Crippen LogP contribution < -0.4 is 10.6 Å². The van der Waals surface area contributed by atoms with Crippen molar-refractivity contribution in [1.29, 1.82) is 0 Å². The Bertz CT molecular complexity index is 1610. The summed E-state index contributed by atoms with van der Waals surface area (Å²) < 4.78 is 0. The molecule has 0 bridgehead atoms. The number of hydrogen-bond donors (Lipinski definition) is 4. The van der Waals surface area contributed by atoms with E-state index in [9.17, 15) is 19.5 Å². The van der Waals surface area contributed by atoms with E-state index in [0.717, 1.165) is 27.4 Å². The van der Waals surface area contributed by atoms with E-state index < -0.39 is 23.9 Å². The lowest BCUT2D eigenvalue weighted by Crippen LogP contribution is -2.51. The molecule has 8 nitrogen and oxygen atoms in total. The number of amides is 2. The molecule has 0 fully saturated rings. The van der Waals surface area contributed by atoms with Crippen LogP contribution in [0.15, 0.2) is 91.1 Å². The molecule has 2 amide bonds. The number of benzene rings is 3. The summed E-state index contributed by atoms with van der Waals surface area (Å²) in [6.45, 7) is 0. The molecule has 4 N–H and O–H groups in total. The fourth-order valence-electron chi connectivity index (χ4n) is 4.46. The van der Waals surface area contributed by atoms with E-state index in [0.29, 0.717) is 18.2 Å². The van der Waals surface area contributed by atoms with Crippen molar-refractivity contribution in [2.75, 3.05) is 0 Å². The minimum atomic E-state index is -0.981. The van der Waals surface area contributed by atoms with Crippen LogP contribution in [0.4, 0.5) is 0 Å². The monoisotopic (exact) mass is 506 g/mol. The van der Waals surface area contributed by atoms with E-state index >= 15 is 0 Å². The van der Waals surface area contributed by atoms with Gasteiger partial charge < -0.3 is 25.5 Å². The lowest BCUT2D eigenvalue weighted by atomic mass is 10.0. The van der Waals surface area contributed by atoms with Gasteiger partial charge in [-0.25, -0.2) is 4.98 Å². The smallest absolute Gasteiger partial charge is 0.270 e. The van der Waals surface area contributed by atoms with Crippen LogP contribution in [-0.4, -0.2) is 45.3 Å². The highest BCUT2D eigenvalue weighted by Crippen LogP contribution is 2.19. The molecule has 2 aromatic heterocycles. The molecule has 8 heteroatoms. The molecule has 0 aliphatic heterocycles. The molecule has 0 spiro atoms. The molecular weight excluding hydrogens is 480 g/mol. The van der Waals surface area contributed by atoms with Crippen LogP contribution in [0.5, 0.6) is 5.75 Å². The molecule has 5 aromatic rings. The first-order valence-corrected chi connectivity index (χ1v) is 12.3. The third kappa shape index (κ3) is 5.54. The number of nitrogens with one attached hydrogen (secondary N) is 3. The maximum atomic E-state index is 13.4. The number of H-pyrrole nitrogens is 1. The second-order valence-electron chi connectivity index (χ2n) is 9.10. The van der Waals surface area contributed by atoms with Gasteiger partial charge in [0, 0.05) is 35.3 Å². The number of nitrogens with zero attached hydrogens (tertiary/aromatic N) is 1. The number of para-hydroxylation sites is 2. The summed E-state index contributed by atoms with van der Waals surface area (Å²) in [4.78, 5) is 46.1. The number of hydrogen-bond acceptors (Lipinski definition) is 5. The Balaban J connectivity index is 1.35. The third-order valence-corrected chi connectivity index (χ3v) is 6.44. The minimum Gasteiger partial charge on any atom is -0.508 e. The Hall–Kier alpha value is -4.98. The average Bonchev–Trinajstić information content (AvgIpc) is 3.35. The van der Waals surface area contributed by atoms with Crippen molar-refractivity contribution in [3.05, 3.63) is 108 Å². The van der Waals surface area contributed by atoms with Gasteiger partial charge in [0.15, 0.2) is 0 Å². The van der Waals surface area contributed by atoms with Gasteiger partial charge >= 0.3 is 0 Å². The van der Waals surface area contributed by atoms with E-state index in [2.05, 4.69) is 20.6 Å². The number of aromatic nitrogens is 2. The quantitative estimate of drug-likeness (QED) is 0.227. The van der Waals surface area contributed by atoms with Gasteiger partial charge in [-0.05, 0) is 41.5 Å². The number of fused-ring (bicyclic) bond motifs is 2. The number of aromatic hydroxyl groups is 1.